The maximum absolute atomic E-state index is 11.9. The van der Waals surface area contributed by atoms with Gasteiger partial charge in [0.15, 0.2) is 0 Å². The molecule has 1 amide bonds. The summed E-state index contributed by atoms with van der Waals surface area (Å²) >= 11 is 0. The number of carboxylic acids is 1. The average molecular weight is 315 g/mol. The van der Waals surface area contributed by atoms with Crippen LogP contribution in [0, 0.1) is 17.3 Å². The fourth-order valence-corrected chi connectivity index (χ4v) is 2.56. The van der Waals surface area contributed by atoms with Crippen molar-refractivity contribution in [2.24, 2.45) is 17.3 Å². The molecule has 2 N–H and O–H groups in total. The van der Waals surface area contributed by atoms with Crippen molar-refractivity contribution in [1.82, 2.24) is 5.32 Å². The van der Waals surface area contributed by atoms with Gasteiger partial charge >= 0.3 is 12.1 Å². The van der Waals surface area contributed by atoms with Crippen LogP contribution < -0.4 is 5.32 Å². The Kier molecular flexibility index (Phi) is 7.91. The molecule has 130 valence electrons. The lowest BCUT2D eigenvalue weighted by Crippen LogP contribution is -2.48. The second-order valence-electron chi connectivity index (χ2n) is 7.36. The van der Waals surface area contributed by atoms with E-state index in [4.69, 9.17) is 4.74 Å². The Bertz CT molecular complexity index is 369. The topological polar surface area (TPSA) is 75.6 Å². The molecule has 0 saturated carbocycles. The third-order valence-corrected chi connectivity index (χ3v) is 4.29. The van der Waals surface area contributed by atoms with E-state index in [0.717, 1.165) is 12.8 Å². The number of carboxylic acid groups (broad SMARTS) is 1. The zero-order chi connectivity index (χ0) is 17.6. The number of ether oxygens (including phenoxy) is 1. The molecular weight excluding hydrogens is 282 g/mol. The van der Waals surface area contributed by atoms with Crippen molar-refractivity contribution in [1.29, 1.82) is 0 Å². The number of hydrogen-bond acceptors (Lipinski definition) is 3. The van der Waals surface area contributed by atoms with Crippen LogP contribution in [0.1, 0.15) is 67.7 Å². The van der Waals surface area contributed by atoms with Gasteiger partial charge in [0, 0.05) is 6.54 Å². The highest BCUT2D eigenvalue weighted by atomic mass is 16.6. The van der Waals surface area contributed by atoms with E-state index >= 15 is 0 Å². The Labute approximate surface area is 134 Å². The van der Waals surface area contributed by atoms with Crippen LogP contribution in [0.15, 0.2) is 0 Å². The number of amides is 1. The number of nitrogens with one attached hydrogen (secondary N) is 1. The van der Waals surface area contributed by atoms with Crippen molar-refractivity contribution in [3.8, 4) is 0 Å². The number of aliphatic carboxylic acids is 1. The molecule has 0 fully saturated rings. The van der Waals surface area contributed by atoms with E-state index in [1.165, 1.54) is 0 Å². The summed E-state index contributed by atoms with van der Waals surface area (Å²) in [4.78, 5) is 23.8. The summed E-state index contributed by atoms with van der Waals surface area (Å²) in [6.45, 7) is 13.4. The molecule has 1 unspecified atom stereocenters. The van der Waals surface area contributed by atoms with Gasteiger partial charge in [-0.2, -0.15) is 0 Å². The fraction of sp³-hybridized carbons (Fsp3) is 0.882. The van der Waals surface area contributed by atoms with Crippen molar-refractivity contribution < 1.29 is 19.4 Å². The van der Waals surface area contributed by atoms with Crippen molar-refractivity contribution in [3.05, 3.63) is 0 Å². The van der Waals surface area contributed by atoms with Gasteiger partial charge in [0.2, 0.25) is 0 Å². The third-order valence-electron chi connectivity index (χ3n) is 4.29. The van der Waals surface area contributed by atoms with Crippen LogP contribution in [0.3, 0.4) is 0 Å². The number of carbonyl (C=O) groups excluding carboxylic acids is 1. The van der Waals surface area contributed by atoms with Crippen LogP contribution >= 0.6 is 0 Å². The van der Waals surface area contributed by atoms with Crippen LogP contribution in [0.4, 0.5) is 4.79 Å². The predicted octanol–water partition coefficient (Wildman–Crippen LogP) is 4.06. The summed E-state index contributed by atoms with van der Waals surface area (Å²) in [5.41, 5.74) is -1.56. The third kappa shape index (κ3) is 6.24. The minimum absolute atomic E-state index is 0.0828. The molecule has 1 atom stereocenters. The highest BCUT2D eigenvalue weighted by molar-refractivity contribution is 5.77. The summed E-state index contributed by atoms with van der Waals surface area (Å²) in [6.07, 6.45) is 1.86. The lowest BCUT2D eigenvalue weighted by atomic mass is 9.70. The molecule has 22 heavy (non-hydrogen) atoms. The van der Waals surface area contributed by atoms with Crippen molar-refractivity contribution >= 4 is 12.1 Å². The molecule has 0 saturated heterocycles. The quantitative estimate of drug-likeness (QED) is 0.708. The molecule has 0 aliphatic rings. The van der Waals surface area contributed by atoms with Gasteiger partial charge in [-0.15, -0.1) is 0 Å². The molecule has 0 aliphatic heterocycles. The minimum atomic E-state index is -0.965. The SMILES string of the molecule is CCC(CC)CC(CNC(=O)OC(C)(C)C)(C(=O)O)C(C)C. The second kappa shape index (κ2) is 8.39. The molecular formula is C17H33NO4. The van der Waals surface area contributed by atoms with E-state index in [9.17, 15) is 14.7 Å². The van der Waals surface area contributed by atoms with E-state index in [2.05, 4.69) is 19.2 Å². The molecule has 5 nitrogen and oxygen atoms in total. The van der Waals surface area contributed by atoms with E-state index in [1.54, 1.807) is 20.8 Å². The van der Waals surface area contributed by atoms with Gasteiger partial charge in [0.1, 0.15) is 5.60 Å². The lowest BCUT2D eigenvalue weighted by Gasteiger charge is -2.36. The Hall–Kier alpha value is -1.26. The van der Waals surface area contributed by atoms with Crippen molar-refractivity contribution in [3.63, 3.8) is 0 Å². The maximum Gasteiger partial charge on any atom is 0.407 e. The van der Waals surface area contributed by atoms with Gasteiger partial charge in [0.25, 0.3) is 0 Å². The molecule has 5 heteroatoms. The summed E-state index contributed by atoms with van der Waals surface area (Å²) in [5.74, 6) is -0.607. The molecule has 0 spiro atoms. The fourth-order valence-electron chi connectivity index (χ4n) is 2.56. The number of hydrogen-bond donors (Lipinski definition) is 2. The van der Waals surface area contributed by atoms with Crippen LogP contribution in [0.25, 0.3) is 0 Å². The molecule has 0 aromatic rings. The molecule has 0 bridgehead atoms. The number of alkyl carbamates (subject to hydrolysis) is 1. The Morgan fingerprint density at radius 1 is 1.14 bits per heavy atom. The highest BCUT2D eigenvalue weighted by Gasteiger charge is 2.43. The molecule has 0 heterocycles. The van der Waals surface area contributed by atoms with Gasteiger partial charge in [-0.1, -0.05) is 40.5 Å². The Morgan fingerprint density at radius 3 is 1.95 bits per heavy atom. The molecule has 0 radical (unpaired) electrons. The number of rotatable bonds is 8. The summed E-state index contributed by atoms with van der Waals surface area (Å²) in [6, 6.07) is 0. The largest absolute Gasteiger partial charge is 0.481 e. The molecule has 0 aliphatic carbocycles. The predicted molar refractivity (Wildman–Crippen MR) is 87.8 cm³/mol. The monoisotopic (exact) mass is 315 g/mol. The lowest BCUT2D eigenvalue weighted by molar-refractivity contribution is -0.153. The minimum Gasteiger partial charge on any atom is -0.481 e. The average Bonchev–Trinajstić information content (AvgIpc) is 2.36. The Morgan fingerprint density at radius 2 is 1.64 bits per heavy atom. The van der Waals surface area contributed by atoms with E-state index < -0.39 is 23.1 Å². The highest BCUT2D eigenvalue weighted by Crippen LogP contribution is 2.37. The van der Waals surface area contributed by atoms with Gasteiger partial charge in [0.05, 0.1) is 5.41 Å². The summed E-state index contributed by atoms with van der Waals surface area (Å²) in [7, 11) is 0. The van der Waals surface area contributed by atoms with E-state index in [0.29, 0.717) is 12.3 Å². The first-order chi connectivity index (χ1) is 9.98. The standard InChI is InChI=1S/C17H33NO4/c1-8-13(9-2)10-17(12(3)4,14(19)20)11-18-15(21)22-16(5,6)7/h12-13H,8-11H2,1-7H3,(H,18,21)(H,19,20). The van der Waals surface area contributed by atoms with E-state index in [1.807, 2.05) is 13.8 Å². The van der Waals surface area contributed by atoms with Gasteiger partial charge in [-0.25, -0.2) is 4.79 Å². The van der Waals surface area contributed by atoms with Gasteiger partial charge in [-0.3, -0.25) is 4.79 Å². The van der Waals surface area contributed by atoms with Gasteiger partial charge < -0.3 is 15.2 Å². The zero-order valence-electron chi connectivity index (χ0n) is 15.2. The maximum atomic E-state index is 11.9. The molecule has 0 aromatic carbocycles. The summed E-state index contributed by atoms with van der Waals surface area (Å²) < 4.78 is 5.21. The zero-order valence-corrected chi connectivity index (χ0v) is 15.2. The Balaban J connectivity index is 5.09. The van der Waals surface area contributed by atoms with Crippen molar-refractivity contribution in [2.45, 2.75) is 73.3 Å². The van der Waals surface area contributed by atoms with Crippen LogP contribution in [0.2, 0.25) is 0 Å². The van der Waals surface area contributed by atoms with Gasteiger partial charge in [-0.05, 0) is 39.0 Å². The van der Waals surface area contributed by atoms with Crippen LogP contribution in [-0.4, -0.2) is 29.3 Å². The summed E-state index contributed by atoms with van der Waals surface area (Å²) in [5, 5.41) is 12.4. The first-order valence-corrected chi connectivity index (χ1v) is 8.18. The second-order valence-corrected chi connectivity index (χ2v) is 7.36. The molecule has 0 rings (SSSR count). The number of carbonyl (C=O) groups is 2. The first-order valence-electron chi connectivity index (χ1n) is 8.18. The van der Waals surface area contributed by atoms with Crippen molar-refractivity contribution in [2.75, 3.05) is 6.54 Å². The van der Waals surface area contributed by atoms with E-state index in [-0.39, 0.29) is 12.5 Å². The first kappa shape index (κ1) is 20.7. The van der Waals surface area contributed by atoms with Crippen LogP contribution in [0.5, 0.6) is 0 Å². The smallest absolute Gasteiger partial charge is 0.407 e. The molecule has 0 aromatic heterocycles. The van der Waals surface area contributed by atoms with Crippen LogP contribution in [-0.2, 0) is 9.53 Å². The normalized spacial score (nSPS) is 14.8.